The molecule has 0 atom stereocenters. The smallest absolute Gasteiger partial charge is 0.354 e. The SMILES string of the molecule is Cc1noc(CNC(=O)c2ccnc(C(=O)O)c2)n1. The number of hydrogen-bond donors (Lipinski definition) is 2. The van der Waals surface area contributed by atoms with Gasteiger partial charge in [0.05, 0.1) is 6.54 Å². The molecule has 2 aromatic heterocycles. The molecule has 98 valence electrons. The molecular formula is C11H10N4O4. The van der Waals surface area contributed by atoms with Crippen molar-refractivity contribution in [3.05, 3.63) is 41.3 Å². The molecule has 0 unspecified atom stereocenters. The van der Waals surface area contributed by atoms with Crippen LogP contribution in [-0.2, 0) is 6.54 Å². The normalized spacial score (nSPS) is 10.2. The van der Waals surface area contributed by atoms with E-state index in [1.54, 1.807) is 6.92 Å². The lowest BCUT2D eigenvalue weighted by Crippen LogP contribution is -2.23. The molecule has 0 aromatic carbocycles. The molecule has 8 heteroatoms. The number of nitrogens with one attached hydrogen (secondary N) is 1. The van der Waals surface area contributed by atoms with Crippen molar-refractivity contribution in [3.8, 4) is 0 Å². The monoisotopic (exact) mass is 262 g/mol. The van der Waals surface area contributed by atoms with Gasteiger partial charge in [0.25, 0.3) is 5.91 Å². The van der Waals surface area contributed by atoms with Gasteiger partial charge in [-0.3, -0.25) is 4.79 Å². The largest absolute Gasteiger partial charge is 0.477 e. The summed E-state index contributed by atoms with van der Waals surface area (Å²) >= 11 is 0. The number of amides is 1. The number of carboxylic acid groups (broad SMARTS) is 1. The summed E-state index contributed by atoms with van der Waals surface area (Å²) in [6, 6.07) is 2.61. The van der Waals surface area contributed by atoms with E-state index in [0.29, 0.717) is 5.82 Å². The summed E-state index contributed by atoms with van der Waals surface area (Å²) in [5.41, 5.74) is 0.00456. The van der Waals surface area contributed by atoms with Gasteiger partial charge in [0.1, 0.15) is 5.69 Å². The minimum atomic E-state index is -1.19. The molecule has 8 nitrogen and oxygen atoms in total. The third-order valence-electron chi connectivity index (χ3n) is 2.21. The van der Waals surface area contributed by atoms with Crippen molar-refractivity contribution in [1.29, 1.82) is 0 Å². The molecule has 0 bridgehead atoms. The van der Waals surface area contributed by atoms with Crippen LogP contribution >= 0.6 is 0 Å². The average Bonchev–Trinajstić information content (AvgIpc) is 2.82. The number of carbonyl (C=O) groups excluding carboxylic acids is 1. The maximum Gasteiger partial charge on any atom is 0.354 e. The highest BCUT2D eigenvalue weighted by molar-refractivity contribution is 5.96. The Morgan fingerprint density at radius 1 is 1.47 bits per heavy atom. The fourth-order valence-electron chi connectivity index (χ4n) is 1.36. The molecule has 0 saturated heterocycles. The van der Waals surface area contributed by atoms with Crippen LogP contribution in [0.3, 0.4) is 0 Å². The van der Waals surface area contributed by atoms with Crippen molar-refractivity contribution in [1.82, 2.24) is 20.4 Å². The Kier molecular flexibility index (Phi) is 3.51. The molecule has 2 rings (SSSR count). The van der Waals surface area contributed by atoms with Gasteiger partial charge in [-0.2, -0.15) is 4.98 Å². The highest BCUT2D eigenvalue weighted by atomic mass is 16.5. The fraction of sp³-hybridized carbons (Fsp3) is 0.182. The van der Waals surface area contributed by atoms with Crippen LogP contribution in [0.1, 0.15) is 32.6 Å². The van der Waals surface area contributed by atoms with E-state index in [2.05, 4.69) is 20.4 Å². The Balaban J connectivity index is 2.03. The van der Waals surface area contributed by atoms with Crippen LogP contribution in [0.25, 0.3) is 0 Å². The second-order valence-electron chi connectivity index (χ2n) is 3.65. The first-order chi connectivity index (χ1) is 9.06. The molecule has 2 heterocycles. The van der Waals surface area contributed by atoms with Gasteiger partial charge in [0.2, 0.25) is 5.89 Å². The summed E-state index contributed by atoms with van der Waals surface area (Å²) in [4.78, 5) is 30.1. The number of aromatic carboxylic acids is 1. The van der Waals surface area contributed by atoms with E-state index in [4.69, 9.17) is 9.63 Å². The van der Waals surface area contributed by atoms with Crippen molar-refractivity contribution in [2.75, 3.05) is 0 Å². The predicted octanol–water partition coefficient (Wildman–Crippen LogP) is 0.401. The zero-order valence-corrected chi connectivity index (χ0v) is 9.95. The summed E-state index contributed by atoms with van der Waals surface area (Å²) < 4.78 is 4.83. The molecule has 0 aliphatic rings. The number of rotatable bonds is 4. The molecule has 0 aliphatic carbocycles. The number of aromatic nitrogens is 3. The van der Waals surface area contributed by atoms with E-state index in [-0.39, 0.29) is 23.7 Å². The maximum atomic E-state index is 11.8. The van der Waals surface area contributed by atoms with Gasteiger partial charge in [0.15, 0.2) is 5.82 Å². The molecule has 0 fully saturated rings. The lowest BCUT2D eigenvalue weighted by molar-refractivity contribution is 0.0690. The second-order valence-corrected chi connectivity index (χ2v) is 3.65. The van der Waals surface area contributed by atoms with Crippen LogP contribution in [0.5, 0.6) is 0 Å². The summed E-state index contributed by atoms with van der Waals surface area (Å²) in [6.45, 7) is 1.74. The van der Waals surface area contributed by atoms with E-state index in [1.165, 1.54) is 18.3 Å². The number of nitrogens with zero attached hydrogens (tertiary/aromatic N) is 3. The Hall–Kier alpha value is -2.77. The fourth-order valence-corrected chi connectivity index (χ4v) is 1.36. The van der Waals surface area contributed by atoms with Crippen molar-refractivity contribution in [2.45, 2.75) is 13.5 Å². The lowest BCUT2D eigenvalue weighted by atomic mass is 10.2. The van der Waals surface area contributed by atoms with Crippen LogP contribution in [0.2, 0.25) is 0 Å². The van der Waals surface area contributed by atoms with Crippen LogP contribution in [0.4, 0.5) is 0 Å². The van der Waals surface area contributed by atoms with Crippen molar-refractivity contribution in [2.24, 2.45) is 0 Å². The highest BCUT2D eigenvalue weighted by Gasteiger charge is 2.11. The number of carbonyl (C=O) groups is 2. The lowest BCUT2D eigenvalue weighted by Gasteiger charge is -2.02. The zero-order valence-electron chi connectivity index (χ0n) is 9.95. The molecule has 0 radical (unpaired) electrons. The minimum Gasteiger partial charge on any atom is -0.477 e. The Labute approximate surface area is 107 Å². The van der Waals surface area contributed by atoms with Crippen molar-refractivity contribution >= 4 is 11.9 Å². The van der Waals surface area contributed by atoms with Gasteiger partial charge in [-0.15, -0.1) is 0 Å². The number of hydrogen-bond acceptors (Lipinski definition) is 6. The first-order valence-corrected chi connectivity index (χ1v) is 5.33. The Bertz CT molecular complexity index is 623. The molecule has 0 aliphatic heterocycles. The van der Waals surface area contributed by atoms with E-state index >= 15 is 0 Å². The molecule has 0 saturated carbocycles. The maximum absolute atomic E-state index is 11.8. The van der Waals surface area contributed by atoms with Crippen LogP contribution in [0, 0.1) is 6.92 Å². The minimum absolute atomic E-state index is 0.0738. The van der Waals surface area contributed by atoms with Crippen molar-refractivity contribution < 1.29 is 19.2 Å². The topological polar surface area (TPSA) is 118 Å². The summed E-state index contributed by atoms with van der Waals surface area (Å²) in [5, 5.41) is 14.9. The van der Waals surface area contributed by atoms with Crippen molar-refractivity contribution in [3.63, 3.8) is 0 Å². The zero-order chi connectivity index (χ0) is 13.8. The van der Waals surface area contributed by atoms with E-state index in [9.17, 15) is 9.59 Å². The first kappa shape index (κ1) is 12.7. The van der Waals surface area contributed by atoms with E-state index in [1.807, 2.05) is 0 Å². The Morgan fingerprint density at radius 2 is 2.26 bits per heavy atom. The van der Waals surface area contributed by atoms with Crippen LogP contribution in [-0.4, -0.2) is 32.1 Å². The molecule has 19 heavy (non-hydrogen) atoms. The Morgan fingerprint density at radius 3 is 2.89 bits per heavy atom. The van der Waals surface area contributed by atoms with E-state index in [0.717, 1.165) is 0 Å². The average molecular weight is 262 g/mol. The van der Waals surface area contributed by atoms with Crippen LogP contribution in [0.15, 0.2) is 22.9 Å². The molecular weight excluding hydrogens is 252 g/mol. The van der Waals surface area contributed by atoms with Gasteiger partial charge in [0, 0.05) is 11.8 Å². The molecule has 2 N–H and O–H groups in total. The van der Waals surface area contributed by atoms with Gasteiger partial charge in [-0.25, -0.2) is 9.78 Å². The number of pyridine rings is 1. The summed E-state index contributed by atoms with van der Waals surface area (Å²) in [7, 11) is 0. The summed E-state index contributed by atoms with van der Waals surface area (Å²) in [5.74, 6) is -0.886. The summed E-state index contributed by atoms with van der Waals surface area (Å²) in [6.07, 6.45) is 1.26. The van der Waals surface area contributed by atoms with Gasteiger partial charge in [-0.05, 0) is 19.1 Å². The highest BCUT2D eigenvalue weighted by Crippen LogP contribution is 2.03. The number of aryl methyl sites for hydroxylation is 1. The predicted molar refractivity (Wildman–Crippen MR) is 61.4 cm³/mol. The quantitative estimate of drug-likeness (QED) is 0.818. The second kappa shape index (κ2) is 5.25. The molecule has 1 amide bonds. The van der Waals surface area contributed by atoms with Gasteiger partial charge < -0.3 is 14.9 Å². The first-order valence-electron chi connectivity index (χ1n) is 5.33. The third-order valence-corrected chi connectivity index (χ3v) is 2.21. The molecule has 0 spiro atoms. The van der Waals surface area contributed by atoms with E-state index < -0.39 is 11.9 Å². The van der Waals surface area contributed by atoms with Gasteiger partial charge in [-0.1, -0.05) is 5.16 Å². The standard InChI is InChI=1S/C11H10N4O4/c1-6-14-9(19-15-6)5-13-10(16)7-2-3-12-8(4-7)11(17)18/h2-4H,5H2,1H3,(H,13,16)(H,17,18). The van der Waals surface area contributed by atoms with Crippen LogP contribution < -0.4 is 5.32 Å². The third kappa shape index (κ3) is 3.12. The molecule has 2 aromatic rings. The van der Waals surface area contributed by atoms with Gasteiger partial charge >= 0.3 is 5.97 Å². The number of carboxylic acids is 1.